The molecule has 4 rings (SSSR count). The molecule has 6 nitrogen and oxygen atoms in total. The van der Waals surface area contributed by atoms with Crippen molar-refractivity contribution in [2.45, 2.75) is 19.3 Å². The molecule has 1 aromatic heterocycles. The number of nitrogens with one attached hydrogen (secondary N) is 1. The molecule has 1 aliphatic carbocycles. The first-order chi connectivity index (χ1) is 14.7. The van der Waals surface area contributed by atoms with Gasteiger partial charge in [-0.2, -0.15) is 0 Å². The molecule has 1 aliphatic heterocycles. The van der Waals surface area contributed by atoms with Crippen LogP contribution in [0.4, 0.5) is 0 Å². The van der Waals surface area contributed by atoms with Crippen molar-refractivity contribution in [3.8, 4) is 17.0 Å². The largest absolute Gasteiger partial charge is 0.496 e. The van der Waals surface area contributed by atoms with Gasteiger partial charge in [-0.3, -0.25) is 15.1 Å². The molecule has 0 saturated heterocycles. The minimum Gasteiger partial charge on any atom is -0.496 e. The summed E-state index contributed by atoms with van der Waals surface area (Å²) in [7, 11) is 1.62. The average molecular weight is 402 g/mol. The Balaban J connectivity index is 1.38. The third-order valence-electron chi connectivity index (χ3n) is 4.76. The van der Waals surface area contributed by atoms with Crippen molar-refractivity contribution in [2.24, 2.45) is 0 Å². The number of carbonyl (C=O) groups is 1. The Morgan fingerprint density at radius 3 is 2.87 bits per heavy atom. The molecule has 152 valence electrons. The SMILES string of the molecule is COc1ccccc1-c1ccc(C(=O)NC2=COC=C(CC3=CC=CCC3)O2)cn1. The summed E-state index contributed by atoms with van der Waals surface area (Å²) in [6.07, 6.45) is 13.4. The van der Waals surface area contributed by atoms with E-state index in [0.29, 0.717) is 17.7 Å². The number of amides is 1. The minimum absolute atomic E-state index is 0.248. The molecule has 2 heterocycles. The lowest BCUT2D eigenvalue weighted by molar-refractivity contribution is 0.0922. The summed E-state index contributed by atoms with van der Waals surface area (Å²) in [5.74, 6) is 1.30. The third kappa shape index (κ3) is 4.60. The standard InChI is InChI=1S/C24H22N2O4/c1-28-22-10-6-5-9-20(22)21-12-11-18(14-25-21)24(27)26-23-16-29-15-19(30-23)13-17-7-3-2-4-8-17/h2-3,5-7,9-12,14-16H,4,8,13H2,1H3,(H,26,27). The molecule has 1 N–H and O–H groups in total. The molecule has 0 bridgehead atoms. The van der Waals surface area contributed by atoms with Crippen molar-refractivity contribution >= 4 is 5.91 Å². The van der Waals surface area contributed by atoms with Crippen molar-refractivity contribution in [3.05, 3.63) is 96.1 Å². The molecule has 0 fully saturated rings. The van der Waals surface area contributed by atoms with Crippen LogP contribution in [0.15, 0.2) is 90.6 Å². The van der Waals surface area contributed by atoms with Crippen molar-refractivity contribution in [1.29, 1.82) is 0 Å². The number of pyridine rings is 1. The van der Waals surface area contributed by atoms with E-state index in [1.54, 1.807) is 25.5 Å². The van der Waals surface area contributed by atoms with Gasteiger partial charge in [-0.15, -0.1) is 0 Å². The van der Waals surface area contributed by atoms with Crippen LogP contribution in [0.3, 0.4) is 0 Å². The van der Waals surface area contributed by atoms with Gasteiger partial charge in [-0.1, -0.05) is 35.9 Å². The molecule has 0 radical (unpaired) electrons. The van der Waals surface area contributed by atoms with E-state index in [0.717, 1.165) is 29.8 Å². The van der Waals surface area contributed by atoms with Crippen molar-refractivity contribution in [3.63, 3.8) is 0 Å². The molecule has 2 aromatic rings. The quantitative estimate of drug-likeness (QED) is 0.749. The molecule has 2 aliphatic rings. The van der Waals surface area contributed by atoms with Crippen LogP contribution in [0.1, 0.15) is 29.6 Å². The van der Waals surface area contributed by atoms with Gasteiger partial charge in [0.1, 0.15) is 17.8 Å². The first kappa shape index (κ1) is 19.5. The normalized spacial score (nSPS) is 15.2. The lowest BCUT2D eigenvalue weighted by Gasteiger charge is -2.18. The fraction of sp³-hybridized carbons (Fsp3) is 0.167. The Hall–Kier alpha value is -3.80. The Kier molecular flexibility index (Phi) is 5.94. The van der Waals surface area contributed by atoms with E-state index in [9.17, 15) is 4.79 Å². The van der Waals surface area contributed by atoms with Crippen LogP contribution in [-0.2, 0) is 9.47 Å². The number of nitrogens with zero attached hydrogens (tertiary/aromatic N) is 1. The monoisotopic (exact) mass is 402 g/mol. The maximum absolute atomic E-state index is 12.6. The number of para-hydroxylation sites is 1. The lowest BCUT2D eigenvalue weighted by Crippen LogP contribution is -2.25. The van der Waals surface area contributed by atoms with E-state index < -0.39 is 0 Å². The second-order valence-corrected chi connectivity index (χ2v) is 6.86. The van der Waals surface area contributed by atoms with Crippen molar-refractivity contribution < 1.29 is 19.0 Å². The predicted octanol–water partition coefficient (Wildman–Crippen LogP) is 4.84. The first-order valence-corrected chi connectivity index (χ1v) is 9.71. The highest BCUT2D eigenvalue weighted by atomic mass is 16.6. The van der Waals surface area contributed by atoms with Gasteiger partial charge in [0.15, 0.2) is 6.26 Å². The fourth-order valence-electron chi connectivity index (χ4n) is 3.25. The van der Waals surface area contributed by atoms with Crippen LogP contribution in [0.2, 0.25) is 0 Å². The maximum atomic E-state index is 12.6. The maximum Gasteiger partial charge on any atom is 0.259 e. The molecule has 0 atom stereocenters. The van der Waals surface area contributed by atoms with Crippen LogP contribution in [0.5, 0.6) is 5.75 Å². The van der Waals surface area contributed by atoms with Crippen LogP contribution >= 0.6 is 0 Å². The Labute approximate surface area is 175 Å². The van der Waals surface area contributed by atoms with Crippen LogP contribution < -0.4 is 10.1 Å². The predicted molar refractivity (Wildman–Crippen MR) is 113 cm³/mol. The molecular weight excluding hydrogens is 380 g/mol. The van der Waals surface area contributed by atoms with Crippen LogP contribution in [0.25, 0.3) is 11.3 Å². The summed E-state index contributed by atoms with van der Waals surface area (Å²) in [5, 5.41) is 2.72. The van der Waals surface area contributed by atoms with Gasteiger partial charge >= 0.3 is 0 Å². The summed E-state index contributed by atoms with van der Waals surface area (Å²) in [4.78, 5) is 17.0. The Morgan fingerprint density at radius 2 is 2.10 bits per heavy atom. The van der Waals surface area contributed by atoms with E-state index in [4.69, 9.17) is 14.2 Å². The fourth-order valence-corrected chi connectivity index (χ4v) is 3.25. The van der Waals surface area contributed by atoms with Gasteiger partial charge in [-0.25, -0.2) is 0 Å². The minimum atomic E-state index is -0.329. The Morgan fingerprint density at radius 1 is 1.20 bits per heavy atom. The van der Waals surface area contributed by atoms with Gasteiger partial charge in [0.05, 0.1) is 18.4 Å². The lowest BCUT2D eigenvalue weighted by atomic mass is 10.0. The number of carbonyl (C=O) groups excluding carboxylic acids is 1. The molecule has 0 saturated carbocycles. The highest BCUT2D eigenvalue weighted by molar-refractivity contribution is 5.95. The molecule has 6 heteroatoms. The topological polar surface area (TPSA) is 69.7 Å². The van der Waals surface area contributed by atoms with Crippen LogP contribution in [0, 0.1) is 0 Å². The second-order valence-electron chi connectivity index (χ2n) is 6.86. The number of allylic oxidation sites excluding steroid dienone is 4. The van der Waals surface area contributed by atoms with E-state index in [1.165, 1.54) is 18.0 Å². The van der Waals surface area contributed by atoms with Gasteiger partial charge in [-0.05, 0) is 37.1 Å². The number of methoxy groups -OCH3 is 1. The molecule has 1 aromatic carbocycles. The number of hydrogen-bond acceptors (Lipinski definition) is 5. The van der Waals surface area contributed by atoms with Gasteiger partial charge in [0.2, 0.25) is 5.88 Å². The van der Waals surface area contributed by atoms with E-state index >= 15 is 0 Å². The summed E-state index contributed by atoms with van der Waals surface area (Å²) in [6.45, 7) is 0. The number of aromatic nitrogens is 1. The molecule has 0 unspecified atom stereocenters. The third-order valence-corrected chi connectivity index (χ3v) is 4.76. The number of hydrogen-bond donors (Lipinski definition) is 1. The van der Waals surface area contributed by atoms with Crippen molar-refractivity contribution in [1.82, 2.24) is 10.3 Å². The zero-order chi connectivity index (χ0) is 20.8. The van der Waals surface area contributed by atoms with Crippen LogP contribution in [-0.4, -0.2) is 18.0 Å². The van der Waals surface area contributed by atoms with E-state index in [1.807, 2.05) is 30.3 Å². The zero-order valence-corrected chi connectivity index (χ0v) is 16.6. The number of benzene rings is 1. The molecular formula is C24H22N2O4. The average Bonchev–Trinajstić information content (AvgIpc) is 2.80. The Bertz CT molecular complexity index is 1050. The van der Waals surface area contributed by atoms with Crippen molar-refractivity contribution in [2.75, 3.05) is 7.11 Å². The smallest absolute Gasteiger partial charge is 0.259 e. The van der Waals surface area contributed by atoms with Gasteiger partial charge in [0, 0.05) is 18.2 Å². The summed E-state index contributed by atoms with van der Waals surface area (Å²) >= 11 is 0. The highest BCUT2D eigenvalue weighted by Crippen LogP contribution is 2.28. The number of ether oxygens (including phenoxy) is 3. The number of rotatable bonds is 6. The summed E-state index contributed by atoms with van der Waals surface area (Å²) in [6, 6.07) is 11.1. The van der Waals surface area contributed by atoms with E-state index in [2.05, 4.69) is 22.5 Å². The molecule has 1 amide bonds. The highest BCUT2D eigenvalue weighted by Gasteiger charge is 2.16. The zero-order valence-electron chi connectivity index (χ0n) is 16.6. The van der Waals surface area contributed by atoms with E-state index in [-0.39, 0.29) is 11.8 Å². The van der Waals surface area contributed by atoms with Gasteiger partial charge in [0.25, 0.3) is 5.91 Å². The molecule has 30 heavy (non-hydrogen) atoms. The summed E-state index contributed by atoms with van der Waals surface area (Å²) < 4.78 is 16.5. The van der Waals surface area contributed by atoms with Gasteiger partial charge < -0.3 is 14.2 Å². The summed E-state index contributed by atoms with van der Waals surface area (Å²) in [5.41, 5.74) is 3.26. The first-order valence-electron chi connectivity index (χ1n) is 9.71. The molecule has 0 spiro atoms. The second kappa shape index (κ2) is 9.13.